The second kappa shape index (κ2) is 8.15. The van der Waals surface area contributed by atoms with Gasteiger partial charge >= 0.3 is 0 Å². The van der Waals surface area contributed by atoms with Gasteiger partial charge in [-0.1, -0.05) is 41.4 Å². The average Bonchev–Trinajstić information content (AvgIpc) is 2.47. The van der Waals surface area contributed by atoms with Crippen molar-refractivity contribution < 1.29 is 4.74 Å². The summed E-state index contributed by atoms with van der Waals surface area (Å²) >= 11 is 12.0. The van der Waals surface area contributed by atoms with Crippen molar-refractivity contribution in [2.24, 2.45) is 0 Å². The molecular weight excluding hydrogens is 293 g/mol. The summed E-state index contributed by atoms with van der Waals surface area (Å²) in [6.07, 6.45) is 0.938. The van der Waals surface area contributed by atoms with E-state index in [1.165, 1.54) is 0 Å². The molecular formula is C16H17Cl2NO. The van der Waals surface area contributed by atoms with Gasteiger partial charge in [-0.25, -0.2) is 0 Å². The quantitative estimate of drug-likeness (QED) is 0.757. The van der Waals surface area contributed by atoms with Gasteiger partial charge in [0.25, 0.3) is 0 Å². The van der Waals surface area contributed by atoms with E-state index >= 15 is 0 Å². The third-order valence-electron chi connectivity index (χ3n) is 2.83. The van der Waals surface area contributed by atoms with E-state index in [2.05, 4.69) is 5.32 Å². The molecule has 2 rings (SSSR count). The number of ether oxygens (including phenoxy) is 1. The minimum absolute atomic E-state index is 0.695. The Bertz CT molecular complexity index is 531. The average molecular weight is 310 g/mol. The van der Waals surface area contributed by atoms with Crippen LogP contribution < -0.4 is 10.1 Å². The summed E-state index contributed by atoms with van der Waals surface area (Å²) in [5.74, 6) is 0.908. The van der Waals surface area contributed by atoms with E-state index in [9.17, 15) is 0 Å². The maximum Gasteiger partial charge on any atom is 0.119 e. The molecule has 2 aromatic carbocycles. The van der Waals surface area contributed by atoms with Crippen LogP contribution in [-0.2, 0) is 6.54 Å². The highest BCUT2D eigenvalue weighted by Gasteiger charge is 2.00. The van der Waals surface area contributed by atoms with Crippen molar-refractivity contribution in [3.05, 3.63) is 64.1 Å². The Morgan fingerprint density at radius 3 is 2.60 bits per heavy atom. The lowest BCUT2D eigenvalue weighted by atomic mass is 10.2. The second-order valence-electron chi connectivity index (χ2n) is 4.43. The van der Waals surface area contributed by atoms with Crippen LogP contribution in [0.2, 0.25) is 10.0 Å². The van der Waals surface area contributed by atoms with E-state index in [1.54, 1.807) is 6.07 Å². The summed E-state index contributed by atoms with van der Waals surface area (Å²) in [7, 11) is 0. The fraction of sp³-hybridized carbons (Fsp3) is 0.250. The van der Waals surface area contributed by atoms with Crippen LogP contribution in [0.4, 0.5) is 0 Å². The van der Waals surface area contributed by atoms with E-state index in [-0.39, 0.29) is 0 Å². The molecule has 0 spiro atoms. The molecule has 2 aromatic rings. The Kier molecular flexibility index (Phi) is 6.19. The number of halogens is 2. The van der Waals surface area contributed by atoms with Crippen LogP contribution in [0.1, 0.15) is 12.0 Å². The molecule has 0 saturated carbocycles. The molecule has 1 N–H and O–H groups in total. The van der Waals surface area contributed by atoms with E-state index in [1.807, 2.05) is 42.5 Å². The van der Waals surface area contributed by atoms with Gasteiger partial charge in [0.1, 0.15) is 5.75 Å². The predicted octanol–water partition coefficient (Wildman–Crippen LogP) is 4.55. The van der Waals surface area contributed by atoms with Crippen molar-refractivity contribution in [3.63, 3.8) is 0 Å². The molecule has 0 aliphatic heterocycles. The number of para-hydroxylation sites is 1. The molecule has 106 valence electrons. The van der Waals surface area contributed by atoms with Crippen LogP contribution in [0.3, 0.4) is 0 Å². The predicted molar refractivity (Wildman–Crippen MR) is 84.7 cm³/mol. The van der Waals surface area contributed by atoms with Crippen molar-refractivity contribution >= 4 is 23.2 Å². The Hall–Kier alpha value is -1.22. The minimum atomic E-state index is 0.695. The SMILES string of the molecule is Clc1ccc(Cl)c(CNCCCOc2ccccc2)c1. The maximum absolute atomic E-state index is 6.09. The molecule has 0 fully saturated rings. The van der Waals surface area contributed by atoms with Gasteiger partial charge in [-0.3, -0.25) is 0 Å². The van der Waals surface area contributed by atoms with Gasteiger partial charge in [0.2, 0.25) is 0 Å². The summed E-state index contributed by atoms with van der Waals surface area (Å²) in [4.78, 5) is 0. The van der Waals surface area contributed by atoms with Crippen molar-refractivity contribution in [3.8, 4) is 5.75 Å². The van der Waals surface area contributed by atoms with Crippen LogP contribution >= 0.6 is 23.2 Å². The lowest BCUT2D eigenvalue weighted by Gasteiger charge is -2.08. The topological polar surface area (TPSA) is 21.3 Å². The molecule has 2 nitrogen and oxygen atoms in total. The zero-order chi connectivity index (χ0) is 14.2. The standard InChI is InChI=1S/C16H17Cl2NO/c17-14-7-8-16(18)13(11-14)12-19-9-4-10-20-15-5-2-1-3-6-15/h1-3,5-8,11,19H,4,9-10,12H2. The Morgan fingerprint density at radius 1 is 1.00 bits per heavy atom. The van der Waals surface area contributed by atoms with Crippen LogP contribution in [0.25, 0.3) is 0 Å². The van der Waals surface area contributed by atoms with Gasteiger partial charge in [0.15, 0.2) is 0 Å². The van der Waals surface area contributed by atoms with Crippen molar-refractivity contribution in [1.29, 1.82) is 0 Å². The Balaban J connectivity index is 1.63. The molecule has 0 amide bonds. The van der Waals surface area contributed by atoms with Crippen molar-refractivity contribution in [2.75, 3.05) is 13.2 Å². The Morgan fingerprint density at radius 2 is 1.80 bits per heavy atom. The second-order valence-corrected chi connectivity index (χ2v) is 5.27. The first kappa shape index (κ1) is 15.2. The third kappa shape index (κ3) is 5.04. The highest BCUT2D eigenvalue weighted by atomic mass is 35.5. The van der Waals surface area contributed by atoms with Gasteiger partial charge in [-0.2, -0.15) is 0 Å². The number of benzene rings is 2. The number of nitrogens with one attached hydrogen (secondary N) is 1. The molecule has 0 unspecified atom stereocenters. The van der Waals surface area contributed by atoms with Crippen LogP contribution in [0.5, 0.6) is 5.75 Å². The van der Waals surface area contributed by atoms with Crippen molar-refractivity contribution in [1.82, 2.24) is 5.32 Å². The molecule has 4 heteroatoms. The fourth-order valence-corrected chi connectivity index (χ4v) is 2.18. The smallest absolute Gasteiger partial charge is 0.119 e. The molecule has 0 heterocycles. The van der Waals surface area contributed by atoms with E-state index in [0.717, 1.165) is 29.3 Å². The zero-order valence-electron chi connectivity index (χ0n) is 11.1. The van der Waals surface area contributed by atoms with Crippen LogP contribution in [-0.4, -0.2) is 13.2 Å². The van der Waals surface area contributed by atoms with Gasteiger partial charge in [0, 0.05) is 16.6 Å². The first-order valence-corrected chi connectivity index (χ1v) is 7.34. The molecule has 0 atom stereocenters. The number of rotatable bonds is 7. The first-order chi connectivity index (χ1) is 9.75. The monoisotopic (exact) mass is 309 g/mol. The lowest BCUT2D eigenvalue weighted by molar-refractivity contribution is 0.308. The highest BCUT2D eigenvalue weighted by Crippen LogP contribution is 2.20. The summed E-state index contributed by atoms with van der Waals surface area (Å²) in [5, 5.41) is 4.78. The summed E-state index contributed by atoms with van der Waals surface area (Å²) in [6.45, 7) is 2.28. The summed E-state index contributed by atoms with van der Waals surface area (Å²) in [6, 6.07) is 15.3. The maximum atomic E-state index is 6.09. The highest BCUT2D eigenvalue weighted by molar-refractivity contribution is 6.33. The van der Waals surface area contributed by atoms with E-state index in [0.29, 0.717) is 18.2 Å². The molecule has 0 aromatic heterocycles. The normalized spacial score (nSPS) is 10.5. The molecule has 0 saturated heterocycles. The summed E-state index contributed by atoms with van der Waals surface area (Å²) in [5.41, 5.74) is 1.02. The van der Waals surface area contributed by atoms with E-state index in [4.69, 9.17) is 27.9 Å². The number of hydrogen-bond donors (Lipinski definition) is 1. The zero-order valence-corrected chi connectivity index (χ0v) is 12.6. The van der Waals surface area contributed by atoms with Gasteiger partial charge in [-0.15, -0.1) is 0 Å². The molecule has 0 aliphatic carbocycles. The lowest BCUT2D eigenvalue weighted by Crippen LogP contribution is -2.17. The van der Waals surface area contributed by atoms with Gasteiger partial charge < -0.3 is 10.1 Å². The van der Waals surface area contributed by atoms with Gasteiger partial charge in [0.05, 0.1) is 6.61 Å². The molecule has 0 radical (unpaired) electrons. The van der Waals surface area contributed by atoms with Gasteiger partial charge in [-0.05, 0) is 48.9 Å². The van der Waals surface area contributed by atoms with Crippen LogP contribution in [0, 0.1) is 0 Å². The summed E-state index contributed by atoms with van der Waals surface area (Å²) < 4.78 is 5.61. The molecule has 20 heavy (non-hydrogen) atoms. The van der Waals surface area contributed by atoms with E-state index < -0.39 is 0 Å². The fourth-order valence-electron chi connectivity index (χ4n) is 1.81. The minimum Gasteiger partial charge on any atom is -0.494 e. The van der Waals surface area contributed by atoms with Crippen molar-refractivity contribution in [2.45, 2.75) is 13.0 Å². The third-order valence-corrected chi connectivity index (χ3v) is 3.44. The molecule has 0 bridgehead atoms. The first-order valence-electron chi connectivity index (χ1n) is 6.58. The molecule has 0 aliphatic rings. The Labute approximate surface area is 129 Å². The number of hydrogen-bond acceptors (Lipinski definition) is 2. The largest absolute Gasteiger partial charge is 0.494 e. The van der Waals surface area contributed by atoms with Crippen LogP contribution in [0.15, 0.2) is 48.5 Å².